The van der Waals surface area contributed by atoms with Gasteiger partial charge >= 0.3 is 0 Å². The van der Waals surface area contributed by atoms with Crippen LogP contribution in [0, 0.1) is 25.2 Å². The second kappa shape index (κ2) is 6.25. The van der Waals surface area contributed by atoms with Crippen LogP contribution in [0.25, 0.3) is 0 Å². The summed E-state index contributed by atoms with van der Waals surface area (Å²) in [4.78, 5) is 4.25. The minimum Gasteiger partial charge on any atom is -0.493 e. The first-order chi connectivity index (χ1) is 10.1. The quantitative estimate of drug-likeness (QED) is 0.934. The van der Waals surface area contributed by atoms with Gasteiger partial charge in [0.25, 0.3) is 0 Å². The number of hydrogen-bond donors (Lipinski definition) is 1. The van der Waals surface area contributed by atoms with Crippen molar-refractivity contribution in [3.63, 3.8) is 0 Å². The van der Waals surface area contributed by atoms with Gasteiger partial charge in [0.15, 0.2) is 11.5 Å². The zero-order valence-electron chi connectivity index (χ0n) is 12.2. The second-order valence-electron chi connectivity index (χ2n) is 4.58. The molecular formula is C16H16N2O3. The molecular weight excluding hydrogens is 268 g/mol. The van der Waals surface area contributed by atoms with Crippen LogP contribution in [0.15, 0.2) is 24.3 Å². The van der Waals surface area contributed by atoms with Crippen molar-refractivity contribution in [2.24, 2.45) is 0 Å². The Kier molecular flexibility index (Phi) is 4.41. The number of benzene rings is 1. The van der Waals surface area contributed by atoms with E-state index in [0.717, 1.165) is 11.3 Å². The molecule has 1 N–H and O–H groups in total. The molecule has 0 saturated heterocycles. The Labute approximate surface area is 123 Å². The van der Waals surface area contributed by atoms with Crippen molar-refractivity contribution in [3.05, 3.63) is 46.8 Å². The second-order valence-corrected chi connectivity index (χ2v) is 4.58. The Morgan fingerprint density at radius 3 is 2.57 bits per heavy atom. The first kappa shape index (κ1) is 14.8. The number of aryl methyl sites for hydroxylation is 2. The number of aliphatic hydroxyl groups excluding tert-OH is 1. The molecule has 0 fully saturated rings. The van der Waals surface area contributed by atoms with Gasteiger partial charge < -0.3 is 14.6 Å². The molecule has 1 heterocycles. The van der Waals surface area contributed by atoms with Gasteiger partial charge in [-0.3, -0.25) is 4.98 Å². The Morgan fingerprint density at radius 2 is 1.95 bits per heavy atom. The molecule has 0 atom stereocenters. The van der Waals surface area contributed by atoms with Crippen LogP contribution < -0.4 is 9.47 Å². The van der Waals surface area contributed by atoms with Crippen LogP contribution in [0.3, 0.4) is 0 Å². The van der Waals surface area contributed by atoms with Crippen LogP contribution >= 0.6 is 0 Å². The van der Waals surface area contributed by atoms with Gasteiger partial charge in [-0.25, -0.2) is 0 Å². The Morgan fingerprint density at radius 1 is 1.19 bits per heavy atom. The van der Waals surface area contributed by atoms with E-state index in [4.69, 9.17) is 14.6 Å². The minimum absolute atomic E-state index is 0.0758. The molecule has 0 aliphatic carbocycles. The largest absolute Gasteiger partial charge is 0.493 e. The van der Waals surface area contributed by atoms with Crippen LogP contribution in [0.1, 0.15) is 22.5 Å². The van der Waals surface area contributed by atoms with E-state index >= 15 is 0 Å². The molecule has 108 valence electrons. The highest BCUT2D eigenvalue weighted by molar-refractivity contribution is 5.51. The number of pyridine rings is 1. The van der Waals surface area contributed by atoms with Gasteiger partial charge in [0.1, 0.15) is 17.4 Å². The fourth-order valence-electron chi connectivity index (χ4n) is 2.02. The number of hydrogen-bond acceptors (Lipinski definition) is 5. The third-order valence-electron chi connectivity index (χ3n) is 3.03. The predicted molar refractivity (Wildman–Crippen MR) is 77.4 cm³/mol. The van der Waals surface area contributed by atoms with Crippen molar-refractivity contribution in [2.75, 3.05) is 7.11 Å². The summed E-state index contributed by atoms with van der Waals surface area (Å²) in [7, 11) is 1.53. The maximum Gasteiger partial charge on any atom is 0.169 e. The molecule has 0 aliphatic heterocycles. The molecule has 5 nitrogen and oxygen atoms in total. The molecule has 0 bridgehead atoms. The minimum atomic E-state index is -0.0758. The molecule has 21 heavy (non-hydrogen) atoms. The highest BCUT2D eigenvalue weighted by Crippen LogP contribution is 2.34. The molecule has 0 saturated carbocycles. The zero-order chi connectivity index (χ0) is 15.4. The van der Waals surface area contributed by atoms with Gasteiger partial charge in [-0.2, -0.15) is 5.26 Å². The van der Waals surface area contributed by atoms with Crippen molar-refractivity contribution in [2.45, 2.75) is 20.5 Å². The van der Waals surface area contributed by atoms with Crippen LogP contribution in [0.4, 0.5) is 0 Å². The molecule has 0 radical (unpaired) electrons. The van der Waals surface area contributed by atoms with E-state index in [0.29, 0.717) is 28.5 Å². The number of nitriles is 1. The fraction of sp³-hybridized carbons (Fsp3) is 0.250. The van der Waals surface area contributed by atoms with E-state index in [-0.39, 0.29) is 6.61 Å². The third-order valence-corrected chi connectivity index (χ3v) is 3.03. The summed E-state index contributed by atoms with van der Waals surface area (Å²) in [6, 6.07) is 8.96. The standard InChI is InChI=1S/C16H16N2O3/c1-10-6-15(13(8-17)11(2)18-10)21-14-5-4-12(9-19)7-16(14)20-3/h4-7,19H,9H2,1-3H3. The number of ether oxygens (including phenoxy) is 2. The topological polar surface area (TPSA) is 75.4 Å². The lowest BCUT2D eigenvalue weighted by molar-refractivity contribution is 0.280. The van der Waals surface area contributed by atoms with Crippen molar-refractivity contribution in [3.8, 4) is 23.3 Å². The van der Waals surface area contributed by atoms with Crippen molar-refractivity contribution >= 4 is 0 Å². The molecule has 0 aliphatic rings. The summed E-state index contributed by atoms with van der Waals surface area (Å²) in [6.45, 7) is 3.53. The summed E-state index contributed by atoms with van der Waals surface area (Å²) in [5.74, 6) is 1.42. The summed E-state index contributed by atoms with van der Waals surface area (Å²) < 4.78 is 11.1. The van der Waals surface area contributed by atoms with E-state index in [9.17, 15) is 5.26 Å². The number of rotatable bonds is 4. The number of nitrogens with zero attached hydrogens (tertiary/aromatic N) is 2. The summed E-state index contributed by atoms with van der Waals surface area (Å²) in [6.07, 6.45) is 0. The summed E-state index contributed by atoms with van der Waals surface area (Å²) in [5.41, 5.74) is 2.52. The first-order valence-corrected chi connectivity index (χ1v) is 6.43. The van der Waals surface area contributed by atoms with Gasteiger partial charge in [-0.1, -0.05) is 6.07 Å². The van der Waals surface area contributed by atoms with Gasteiger partial charge in [0.05, 0.1) is 19.4 Å². The van der Waals surface area contributed by atoms with E-state index in [2.05, 4.69) is 11.1 Å². The molecule has 0 spiro atoms. The summed E-state index contributed by atoms with van der Waals surface area (Å²) in [5, 5.41) is 18.4. The Balaban J connectivity index is 2.45. The fourth-order valence-corrected chi connectivity index (χ4v) is 2.02. The molecule has 5 heteroatoms. The molecule has 2 rings (SSSR count). The number of methoxy groups -OCH3 is 1. The van der Waals surface area contributed by atoms with Crippen LogP contribution in [-0.4, -0.2) is 17.2 Å². The maximum absolute atomic E-state index is 9.24. The third kappa shape index (κ3) is 3.12. The average Bonchev–Trinajstić information content (AvgIpc) is 2.47. The van der Waals surface area contributed by atoms with Gasteiger partial charge in [-0.15, -0.1) is 0 Å². The van der Waals surface area contributed by atoms with E-state index in [1.807, 2.05) is 6.92 Å². The van der Waals surface area contributed by atoms with Crippen LogP contribution in [0.5, 0.6) is 17.2 Å². The first-order valence-electron chi connectivity index (χ1n) is 6.43. The molecule has 2 aromatic rings. The zero-order valence-corrected chi connectivity index (χ0v) is 12.2. The predicted octanol–water partition coefficient (Wildman–Crippen LogP) is 2.86. The van der Waals surface area contributed by atoms with Crippen molar-refractivity contribution in [1.82, 2.24) is 4.98 Å². The lowest BCUT2D eigenvalue weighted by Gasteiger charge is -2.13. The van der Waals surface area contributed by atoms with Gasteiger partial charge in [0, 0.05) is 11.8 Å². The highest BCUT2D eigenvalue weighted by Gasteiger charge is 2.13. The smallest absolute Gasteiger partial charge is 0.169 e. The lowest BCUT2D eigenvalue weighted by atomic mass is 10.1. The monoisotopic (exact) mass is 284 g/mol. The van der Waals surface area contributed by atoms with Gasteiger partial charge in [-0.05, 0) is 31.5 Å². The normalized spacial score (nSPS) is 10.0. The molecule has 0 amide bonds. The number of aliphatic hydroxyl groups is 1. The SMILES string of the molecule is COc1cc(CO)ccc1Oc1cc(C)nc(C)c1C#N. The Bertz CT molecular complexity index is 705. The van der Waals surface area contributed by atoms with E-state index in [1.165, 1.54) is 7.11 Å². The average molecular weight is 284 g/mol. The van der Waals surface area contributed by atoms with E-state index < -0.39 is 0 Å². The molecule has 0 unspecified atom stereocenters. The number of aromatic nitrogens is 1. The van der Waals surface area contributed by atoms with E-state index in [1.54, 1.807) is 31.2 Å². The van der Waals surface area contributed by atoms with Crippen molar-refractivity contribution < 1.29 is 14.6 Å². The molecule has 1 aromatic carbocycles. The van der Waals surface area contributed by atoms with Gasteiger partial charge in [0.2, 0.25) is 0 Å². The van der Waals surface area contributed by atoms with Crippen molar-refractivity contribution in [1.29, 1.82) is 5.26 Å². The highest BCUT2D eigenvalue weighted by atomic mass is 16.5. The maximum atomic E-state index is 9.24. The van der Waals surface area contributed by atoms with Crippen LogP contribution in [-0.2, 0) is 6.61 Å². The lowest BCUT2D eigenvalue weighted by Crippen LogP contribution is -1.98. The summed E-state index contributed by atoms with van der Waals surface area (Å²) >= 11 is 0. The van der Waals surface area contributed by atoms with Crippen LogP contribution in [0.2, 0.25) is 0 Å². The molecule has 1 aromatic heterocycles. The Hall–Kier alpha value is -2.58.